The van der Waals surface area contributed by atoms with E-state index in [0.717, 1.165) is 31.5 Å². The average molecular weight is 359 g/mol. The fourth-order valence-electron chi connectivity index (χ4n) is 4.36. The molecule has 1 aromatic rings. The lowest BCUT2D eigenvalue weighted by Crippen LogP contribution is -2.14. The van der Waals surface area contributed by atoms with E-state index in [1.807, 2.05) is 12.1 Å². The molecule has 1 atom stereocenters. The van der Waals surface area contributed by atoms with Gasteiger partial charge in [-0.3, -0.25) is 4.79 Å². The number of aldehydes is 1. The van der Waals surface area contributed by atoms with Crippen LogP contribution in [0.25, 0.3) is 0 Å². The summed E-state index contributed by atoms with van der Waals surface area (Å²) in [6.07, 6.45) is 11.7. The number of carbonyl (C=O) groups is 2. The van der Waals surface area contributed by atoms with Crippen LogP contribution in [-0.2, 0) is 4.79 Å². The smallest absolute Gasteiger partial charge is 0.163 e. The highest BCUT2D eigenvalue weighted by atomic mass is 16.5. The lowest BCUT2D eigenvalue weighted by Gasteiger charge is -2.29. The summed E-state index contributed by atoms with van der Waals surface area (Å²) in [7, 11) is 1.61. The first-order chi connectivity index (χ1) is 12.6. The highest BCUT2D eigenvalue weighted by molar-refractivity contribution is 5.97. The second kappa shape index (κ2) is 10.5. The minimum atomic E-state index is 0.0641. The summed E-state index contributed by atoms with van der Waals surface area (Å²) in [5, 5.41) is 0. The maximum atomic E-state index is 11.9. The van der Waals surface area contributed by atoms with Crippen molar-refractivity contribution in [1.82, 2.24) is 0 Å². The lowest BCUT2D eigenvalue weighted by atomic mass is 9.76. The predicted octanol–water partition coefficient (Wildman–Crippen LogP) is 5.96. The van der Waals surface area contributed by atoms with Crippen molar-refractivity contribution in [3.05, 3.63) is 29.3 Å². The van der Waals surface area contributed by atoms with Crippen molar-refractivity contribution >= 4 is 12.1 Å². The molecule has 3 heteroatoms. The molecule has 0 saturated heterocycles. The maximum Gasteiger partial charge on any atom is 0.163 e. The molecule has 1 aliphatic rings. The third-order valence-corrected chi connectivity index (χ3v) is 5.96. The van der Waals surface area contributed by atoms with E-state index in [9.17, 15) is 9.59 Å². The van der Waals surface area contributed by atoms with Crippen LogP contribution in [0.1, 0.15) is 93.5 Å². The molecule has 144 valence electrons. The van der Waals surface area contributed by atoms with Gasteiger partial charge in [0, 0.05) is 5.92 Å². The van der Waals surface area contributed by atoms with E-state index in [1.165, 1.54) is 44.1 Å². The van der Waals surface area contributed by atoms with Gasteiger partial charge in [0.1, 0.15) is 12.0 Å². The van der Waals surface area contributed by atoms with E-state index in [2.05, 4.69) is 13.0 Å². The number of hydrogen-bond acceptors (Lipinski definition) is 3. The van der Waals surface area contributed by atoms with E-state index in [-0.39, 0.29) is 11.7 Å². The molecule has 26 heavy (non-hydrogen) atoms. The standard InChI is InChI=1S/C23H34O3/c1-4-6-19(16-24)8-5-7-18-9-11-20(12-10-18)21-13-14-23(26-3)22(15-21)17(2)25/h13-16,18-20H,4-12H2,1-3H3. The van der Waals surface area contributed by atoms with Gasteiger partial charge in [-0.1, -0.05) is 32.3 Å². The monoisotopic (exact) mass is 358 g/mol. The fraction of sp³-hybridized carbons (Fsp3) is 0.652. The molecule has 0 bridgehead atoms. The van der Waals surface area contributed by atoms with Gasteiger partial charge in [0.05, 0.1) is 12.7 Å². The summed E-state index contributed by atoms with van der Waals surface area (Å²) in [6.45, 7) is 3.75. The van der Waals surface area contributed by atoms with Crippen LogP contribution >= 0.6 is 0 Å². The number of Topliss-reactive ketones (excluding diaryl/α,β-unsaturated/α-hetero) is 1. The number of ether oxygens (including phenoxy) is 1. The van der Waals surface area contributed by atoms with Gasteiger partial charge in [-0.05, 0) is 75.0 Å². The normalized spacial score (nSPS) is 21.2. The first kappa shape index (κ1) is 20.7. The highest BCUT2D eigenvalue weighted by Gasteiger charge is 2.23. The van der Waals surface area contributed by atoms with Crippen LogP contribution in [0.5, 0.6) is 5.75 Å². The van der Waals surface area contributed by atoms with E-state index in [4.69, 9.17) is 4.74 Å². The summed E-state index contributed by atoms with van der Waals surface area (Å²) in [5.74, 6) is 2.35. The summed E-state index contributed by atoms with van der Waals surface area (Å²) in [6, 6.07) is 6.09. The van der Waals surface area contributed by atoms with Crippen LogP contribution in [-0.4, -0.2) is 19.2 Å². The SMILES string of the molecule is CCCC(C=O)CCCC1CCC(c2ccc(OC)c(C(C)=O)c2)CC1. The van der Waals surface area contributed by atoms with Crippen molar-refractivity contribution in [3.63, 3.8) is 0 Å². The highest BCUT2D eigenvalue weighted by Crippen LogP contribution is 2.39. The fourth-order valence-corrected chi connectivity index (χ4v) is 4.36. The van der Waals surface area contributed by atoms with E-state index < -0.39 is 0 Å². The molecule has 0 aromatic heterocycles. The Kier molecular flexibility index (Phi) is 8.34. The Morgan fingerprint density at radius 1 is 1.23 bits per heavy atom. The Hall–Kier alpha value is -1.64. The van der Waals surface area contributed by atoms with Crippen molar-refractivity contribution in [2.24, 2.45) is 11.8 Å². The first-order valence-corrected chi connectivity index (χ1v) is 10.2. The van der Waals surface area contributed by atoms with Crippen molar-refractivity contribution in [3.8, 4) is 5.75 Å². The Balaban J connectivity index is 1.84. The van der Waals surface area contributed by atoms with E-state index in [0.29, 0.717) is 17.2 Å². The zero-order valence-corrected chi connectivity index (χ0v) is 16.6. The van der Waals surface area contributed by atoms with Crippen molar-refractivity contribution in [2.45, 2.75) is 77.6 Å². The topological polar surface area (TPSA) is 43.4 Å². The lowest BCUT2D eigenvalue weighted by molar-refractivity contribution is -0.111. The van der Waals surface area contributed by atoms with Crippen LogP contribution < -0.4 is 4.74 Å². The Labute approximate surface area is 158 Å². The van der Waals surface area contributed by atoms with Crippen LogP contribution in [0.15, 0.2) is 18.2 Å². The van der Waals surface area contributed by atoms with E-state index >= 15 is 0 Å². The minimum absolute atomic E-state index is 0.0641. The quantitative estimate of drug-likeness (QED) is 0.383. The number of hydrogen-bond donors (Lipinski definition) is 0. The summed E-state index contributed by atoms with van der Waals surface area (Å²) >= 11 is 0. The molecule has 1 aliphatic carbocycles. The molecule has 0 heterocycles. The van der Waals surface area contributed by atoms with Gasteiger partial charge < -0.3 is 9.53 Å². The van der Waals surface area contributed by atoms with Gasteiger partial charge in [0.2, 0.25) is 0 Å². The van der Waals surface area contributed by atoms with Gasteiger partial charge >= 0.3 is 0 Å². The molecule has 0 aliphatic heterocycles. The van der Waals surface area contributed by atoms with Gasteiger partial charge in [0.15, 0.2) is 5.78 Å². The second-order valence-corrected chi connectivity index (χ2v) is 7.85. The molecule has 1 saturated carbocycles. The molecule has 1 aromatic carbocycles. The van der Waals surface area contributed by atoms with Crippen LogP contribution in [0, 0.1) is 11.8 Å². The molecule has 3 nitrogen and oxygen atoms in total. The first-order valence-electron chi connectivity index (χ1n) is 10.2. The third kappa shape index (κ3) is 5.69. The third-order valence-electron chi connectivity index (χ3n) is 5.96. The molecule has 0 spiro atoms. The summed E-state index contributed by atoms with van der Waals surface area (Å²) < 4.78 is 5.31. The van der Waals surface area contributed by atoms with Gasteiger partial charge in [-0.15, -0.1) is 0 Å². The van der Waals surface area contributed by atoms with Crippen molar-refractivity contribution in [2.75, 3.05) is 7.11 Å². The maximum absolute atomic E-state index is 11.9. The molecule has 1 unspecified atom stereocenters. The number of ketones is 1. The largest absolute Gasteiger partial charge is 0.496 e. The average Bonchev–Trinajstić information content (AvgIpc) is 2.67. The predicted molar refractivity (Wildman–Crippen MR) is 106 cm³/mol. The number of benzene rings is 1. The zero-order chi connectivity index (χ0) is 18.9. The molecule has 0 radical (unpaired) electrons. The Morgan fingerprint density at radius 2 is 1.96 bits per heavy atom. The number of rotatable bonds is 10. The molecular formula is C23H34O3. The molecule has 2 rings (SSSR count). The van der Waals surface area contributed by atoms with Crippen molar-refractivity contribution < 1.29 is 14.3 Å². The number of methoxy groups -OCH3 is 1. The summed E-state index contributed by atoms with van der Waals surface area (Å²) in [5.41, 5.74) is 1.97. The second-order valence-electron chi connectivity index (χ2n) is 7.85. The van der Waals surface area contributed by atoms with E-state index in [1.54, 1.807) is 14.0 Å². The Bertz CT molecular complexity index is 585. The molecular weight excluding hydrogens is 324 g/mol. The van der Waals surface area contributed by atoms with Crippen LogP contribution in [0.3, 0.4) is 0 Å². The number of carbonyl (C=O) groups excluding carboxylic acids is 2. The van der Waals surface area contributed by atoms with Gasteiger partial charge in [-0.2, -0.15) is 0 Å². The van der Waals surface area contributed by atoms with Crippen LogP contribution in [0.4, 0.5) is 0 Å². The van der Waals surface area contributed by atoms with Crippen LogP contribution in [0.2, 0.25) is 0 Å². The minimum Gasteiger partial charge on any atom is -0.496 e. The van der Waals surface area contributed by atoms with Crippen molar-refractivity contribution in [1.29, 1.82) is 0 Å². The Morgan fingerprint density at radius 3 is 2.54 bits per heavy atom. The molecule has 0 amide bonds. The molecule has 1 fully saturated rings. The molecule has 0 N–H and O–H groups in total. The summed E-state index contributed by atoms with van der Waals surface area (Å²) in [4.78, 5) is 22.9. The van der Waals surface area contributed by atoms with Gasteiger partial charge in [-0.25, -0.2) is 0 Å². The van der Waals surface area contributed by atoms with Gasteiger partial charge in [0.25, 0.3) is 0 Å². The zero-order valence-electron chi connectivity index (χ0n) is 16.6.